The summed E-state index contributed by atoms with van der Waals surface area (Å²) in [5.41, 5.74) is 1.08. The van der Waals surface area contributed by atoms with Crippen LogP contribution in [0.3, 0.4) is 0 Å². The van der Waals surface area contributed by atoms with Gasteiger partial charge in [-0.1, -0.05) is 6.07 Å². The summed E-state index contributed by atoms with van der Waals surface area (Å²) < 4.78 is 13.4. The number of thiazole rings is 1. The predicted molar refractivity (Wildman–Crippen MR) is 72.1 cm³/mol. The van der Waals surface area contributed by atoms with Crippen LogP contribution < -0.4 is 5.32 Å². The van der Waals surface area contributed by atoms with E-state index in [9.17, 15) is 9.18 Å². The van der Waals surface area contributed by atoms with Crippen molar-refractivity contribution in [1.82, 2.24) is 10.3 Å². The number of rotatable bonds is 3. The third kappa shape index (κ3) is 2.94. The van der Waals surface area contributed by atoms with E-state index in [0.717, 1.165) is 10.7 Å². The molecule has 0 radical (unpaired) electrons. The van der Waals surface area contributed by atoms with Gasteiger partial charge in [0.05, 0.1) is 27.3 Å². The predicted octanol–water partition coefficient (Wildman–Crippen LogP) is 3.28. The maximum absolute atomic E-state index is 13.3. The Hall–Kier alpha value is -1.27. The molecule has 2 aromatic rings. The van der Waals surface area contributed by atoms with Gasteiger partial charge in [-0.25, -0.2) is 9.37 Å². The van der Waals surface area contributed by atoms with Gasteiger partial charge < -0.3 is 5.32 Å². The monoisotopic (exact) mass is 328 g/mol. The summed E-state index contributed by atoms with van der Waals surface area (Å²) in [6.45, 7) is 2.24. The molecule has 0 atom stereocenters. The molecular weight excluding hydrogens is 319 g/mol. The van der Waals surface area contributed by atoms with E-state index in [-0.39, 0.29) is 15.9 Å². The first-order chi connectivity index (χ1) is 8.58. The first kappa shape index (κ1) is 13.2. The van der Waals surface area contributed by atoms with Gasteiger partial charge >= 0.3 is 0 Å². The topological polar surface area (TPSA) is 42.0 Å². The number of aryl methyl sites for hydroxylation is 1. The zero-order valence-electron chi connectivity index (χ0n) is 9.54. The first-order valence-corrected chi connectivity index (χ1v) is 6.88. The number of carbonyl (C=O) groups excluding carboxylic acids is 1. The van der Waals surface area contributed by atoms with Crippen LogP contribution in [0.25, 0.3) is 0 Å². The van der Waals surface area contributed by atoms with Gasteiger partial charge in [0.1, 0.15) is 5.82 Å². The lowest BCUT2D eigenvalue weighted by molar-refractivity contribution is 0.0949. The van der Waals surface area contributed by atoms with Crippen molar-refractivity contribution in [3.05, 3.63) is 50.1 Å². The Morgan fingerprint density at radius 3 is 3.00 bits per heavy atom. The second kappa shape index (κ2) is 5.58. The molecule has 6 heteroatoms. The molecule has 0 fully saturated rings. The van der Waals surface area contributed by atoms with Crippen molar-refractivity contribution in [1.29, 1.82) is 0 Å². The molecule has 1 aromatic heterocycles. The van der Waals surface area contributed by atoms with Gasteiger partial charge in [0.15, 0.2) is 0 Å². The van der Waals surface area contributed by atoms with Crippen LogP contribution >= 0.6 is 27.3 Å². The van der Waals surface area contributed by atoms with Crippen LogP contribution in [0.1, 0.15) is 21.1 Å². The van der Waals surface area contributed by atoms with E-state index in [4.69, 9.17) is 0 Å². The highest BCUT2D eigenvalue weighted by Crippen LogP contribution is 2.20. The molecule has 1 aromatic carbocycles. The van der Waals surface area contributed by atoms with Crippen molar-refractivity contribution in [3.63, 3.8) is 0 Å². The summed E-state index contributed by atoms with van der Waals surface area (Å²) in [4.78, 5) is 16.1. The molecule has 2 rings (SSSR count). The van der Waals surface area contributed by atoms with Gasteiger partial charge in [-0.3, -0.25) is 4.79 Å². The van der Waals surface area contributed by atoms with E-state index in [1.165, 1.54) is 23.5 Å². The number of benzene rings is 1. The Morgan fingerprint density at radius 1 is 1.56 bits per heavy atom. The van der Waals surface area contributed by atoms with Crippen LogP contribution in [-0.4, -0.2) is 10.9 Å². The lowest BCUT2D eigenvalue weighted by Gasteiger charge is -2.05. The van der Waals surface area contributed by atoms with E-state index in [2.05, 4.69) is 26.2 Å². The number of aromatic nitrogens is 1. The van der Waals surface area contributed by atoms with Crippen molar-refractivity contribution in [2.75, 3.05) is 0 Å². The van der Waals surface area contributed by atoms with Gasteiger partial charge in [0.25, 0.3) is 5.91 Å². The lowest BCUT2D eigenvalue weighted by Crippen LogP contribution is -2.23. The van der Waals surface area contributed by atoms with Gasteiger partial charge in [-0.05, 0) is 35.0 Å². The number of hydrogen-bond donors (Lipinski definition) is 1. The van der Waals surface area contributed by atoms with E-state index in [1.54, 1.807) is 6.07 Å². The lowest BCUT2D eigenvalue weighted by atomic mass is 10.2. The zero-order chi connectivity index (χ0) is 13.1. The van der Waals surface area contributed by atoms with Crippen molar-refractivity contribution < 1.29 is 9.18 Å². The van der Waals surface area contributed by atoms with Crippen molar-refractivity contribution in [2.45, 2.75) is 13.5 Å². The van der Waals surface area contributed by atoms with Gasteiger partial charge in [0, 0.05) is 5.38 Å². The molecule has 1 heterocycles. The molecule has 0 bridgehead atoms. The average Bonchev–Trinajstić information content (AvgIpc) is 2.76. The number of carbonyl (C=O) groups is 1. The summed E-state index contributed by atoms with van der Waals surface area (Å²) in [5, 5.41) is 5.54. The van der Waals surface area contributed by atoms with E-state index in [0.29, 0.717) is 6.54 Å². The number of amides is 1. The summed E-state index contributed by atoms with van der Waals surface area (Å²) in [6, 6.07) is 4.36. The minimum absolute atomic E-state index is 0.178. The highest BCUT2D eigenvalue weighted by molar-refractivity contribution is 9.10. The molecule has 0 saturated heterocycles. The van der Waals surface area contributed by atoms with Crippen molar-refractivity contribution >= 4 is 33.2 Å². The summed E-state index contributed by atoms with van der Waals surface area (Å²) in [6.07, 6.45) is 0. The van der Waals surface area contributed by atoms with E-state index in [1.807, 2.05) is 12.3 Å². The Morgan fingerprint density at radius 2 is 2.33 bits per heavy atom. The molecule has 0 spiro atoms. The maximum atomic E-state index is 13.3. The number of nitrogens with one attached hydrogen (secondary N) is 1. The maximum Gasteiger partial charge on any atom is 0.252 e. The Labute approximate surface area is 116 Å². The number of halogens is 2. The summed E-state index contributed by atoms with van der Waals surface area (Å²) in [7, 11) is 0. The van der Waals surface area contributed by atoms with E-state index >= 15 is 0 Å². The molecular formula is C12H10BrFN2OS. The largest absolute Gasteiger partial charge is 0.346 e. The van der Waals surface area contributed by atoms with Crippen molar-refractivity contribution in [3.8, 4) is 0 Å². The van der Waals surface area contributed by atoms with Crippen LogP contribution in [0.2, 0.25) is 0 Å². The number of hydrogen-bond acceptors (Lipinski definition) is 3. The molecule has 3 nitrogen and oxygen atoms in total. The minimum atomic E-state index is -0.452. The van der Waals surface area contributed by atoms with Crippen molar-refractivity contribution in [2.24, 2.45) is 0 Å². The Kier molecular flexibility index (Phi) is 4.08. The smallest absolute Gasteiger partial charge is 0.252 e. The van der Waals surface area contributed by atoms with Gasteiger partial charge in [0.2, 0.25) is 0 Å². The second-order valence-corrected chi connectivity index (χ2v) is 5.50. The fourth-order valence-electron chi connectivity index (χ4n) is 1.43. The highest BCUT2D eigenvalue weighted by Gasteiger charge is 2.12. The zero-order valence-corrected chi connectivity index (χ0v) is 11.9. The molecule has 0 aliphatic heterocycles. The molecule has 0 unspecified atom stereocenters. The Balaban J connectivity index is 2.06. The highest BCUT2D eigenvalue weighted by atomic mass is 79.9. The molecule has 18 heavy (non-hydrogen) atoms. The number of nitrogens with zero attached hydrogens (tertiary/aromatic N) is 1. The van der Waals surface area contributed by atoms with Crippen LogP contribution in [0, 0.1) is 12.7 Å². The fraction of sp³-hybridized carbons (Fsp3) is 0.167. The molecule has 94 valence electrons. The van der Waals surface area contributed by atoms with Crippen LogP contribution in [-0.2, 0) is 6.54 Å². The van der Waals surface area contributed by atoms with Gasteiger partial charge in [-0.2, -0.15) is 0 Å². The first-order valence-electron chi connectivity index (χ1n) is 5.21. The van der Waals surface area contributed by atoms with Crippen LogP contribution in [0.5, 0.6) is 0 Å². The summed E-state index contributed by atoms with van der Waals surface area (Å²) >= 11 is 4.59. The quantitative estimate of drug-likeness (QED) is 0.939. The fourth-order valence-corrected chi connectivity index (χ4v) is 2.49. The van der Waals surface area contributed by atoms with Gasteiger partial charge in [-0.15, -0.1) is 11.3 Å². The standard InChI is InChI=1S/C12H10BrFN2OS/c1-7-16-8(6-18-7)5-15-12(17)9-3-2-4-10(14)11(9)13/h2-4,6H,5H2,1H3,(H,15,17). The SMILES string of the molecule is Cc1nc(CNC(=O)c2cccc(F)c2Br)cs1. The second-order valence-electron chi connectivity index (χ2n) is 3.64. The van der Waals surface area contributed by atoms with E-state index < -0.39 is 5.82 Å². The third-order valence-corrected chi connectivity index (χ3v) is 3.92. The molecule has 0 aliphatic rings. The molecule has 1 N–H and O–H groups in total. The minimum Gasteiger partial charge on any atom is -0.346 e. The molecule has 1 amide bonds. The third-order valence-electron chi connectivity index (χ3n) is 2.29. The summed E-state index contributed by atoms with van der Waals surface area (Å²) in [5.74, 6) is -0.779. The molecule has 0 aliphatic carbocycles. The normalized spacial score (nSPS) is 10.4. The Bertz CT molecular complexity index is 585. The van der Waals surface area contributed by atoms with Crippen LogP contribution in [0.15, 0.2) is 28.1 Å². The molecule has 0 saturated carbocycles. The average molecular weight is 329 g/mol. The van der Waals surface area contributed by atoms with Crippen LogP contribution in [0.4, 0.5) is 4.39 Å².